The second kappa shape index (κ2) is 5.86. The van der Waals surface area contributed by atoms with Crippen LogP contribution in [-0.2, 0) is 6.54 Å². The Kier molecular flexibility index (Phi) is 3.71. The molecule has 3 heterocycles. The fraction of sp³-hybridized carbons (Fsp3) is 0.375. The van der Waals surface area contributed by atoms with E-state index in [9.17, 15) is 4.79 Å². The van der Waals surface area contributed by atoms with Crippen molar-refractivity contribution < 1.29 is 9.53 Å². The average molecular weight is 333 g/mol. The van der Waals surface area contributed by atoms with Crippen LogP contribution in [0.5, 0.6) is 5.88 Å². The molecular formula is C16H17ClN4O2. The summed E-state index contributed by atoms with van der Waals surface area (Å²) in [5, 5.41) is 8.47. The Morgan fingerprint density at radius 2 is 2.22 bits per heavy atom. The van der Waals surface area contributed by atoms with Gasteiger partial charge < -0.3 is 15.0 Å². The van der Waals surface area contributed by atoms with E-state index in [1.54, 1.807) is 10.7 Å². The number of carbonyl (C=O) groups is 1. The molecule has 0 aliphatic carbocycles. The Labute approximate surface area is 139 Å². The predicted molar refractivity (Wildman–Crippen MR) is 85.8 cm³/mol. The summed E-state index contributed by atoms with van der Waals surface area (Å²) in [6.07, 6.45) is 0. The molecule has 120 valence electrons. The van der Waals surface area contributed by atoms with Gasteiger partial charge in [-0.1, -0.05) is 29.8 Å². The second-order valence-corrected chi connectivity index (χ2v) is 6.13. The predicted octanol–water partition coefficient (Wildman–Crippen LogP) is 1.72. The number of piperazine rings is 1. The maximum Gasteiger partial charge on any atom is 0.274 e. The lowest BCUT2D eigenvalue weighted by atomic mass is 10.0. The normalized spacial score (nSPS) is 20.2. The van der Waals surface area contributed by atoms with Crippen LogP contribution in [0, 0.1) is 0 Å². The highest BCUT2D eigenvalue weighted by atomic mass is 35.5. The molecule has 1 N–H and O–H groups in total. The highest BCUT2D eigenvalue weighted by Gasteiger charge is 2.28. The molecule has 2 aromatic rings. The van der Waals surface area contributed by atoms with Gasteiger partial charge in [-0.05, 0) is 11.6 Å². The topological polar surface area (TPSA) is 59.4 Å². The first-order valence-electron chi connectivity index (χ1n) is 7.70. The van der Waals surface area contributed by atoms with E-state index in [-0.39, 0.29) is 11.9 Å². The molecule has 2 aliphatic rings. The number of hydrogen-bond acceptors (Lipinski definition) is 4. The Morgan fingerprint density at radius 3 is 3.04 bits per heavy atom. The molecule has 1 saturated heterocycles. The molecule has 1 aromatic heterocycles. The van der Waals surface area contributed by atoms with Crippen molar-refractivity contribution in [3.63, 3.8) is 0 Å². The summed E-state index contributed by atoms with van der Waals surface area (Å²) >= 11 is 6.28. The molecular weight excluding hydrogens is 316 g/mol. The molecule has 1 fully saturated rings. The van der Waals surface area contributed by atoms with Crippen molar-refractivity contribution in [1.82, 2.24) is 20.0 Å². The minimum atomic E-state index is -0.0611. The third kappa shape index (κ3) is 2.68. The van der Waals surface area contributed by atoms with E-state index in [0.717, 1.165) is 12.1 Å². The van der Waals surface area contributed by atoms with Crippen molar-refractivity contribution in [3.8, 4) is 5.88 Å². The molecule has 0 bridgehead atoms. The first-order chi connectivity index (χ1) is 11.2. The monoisotopic (exact) mass is 332 g/mol. The summed E-state index contributed by atoms with van der Waals surface area (Å²) in [6.45, 7) is 3.28. The third-order valence-electron chi connectivity index (χ3n) is 4.26. The van der Waals surface area contributed by atoms with Gasteiger partial charge in [0.2, 0.25) is 5.88 Å². The fourth-order valence-electron chi connectivity index (χ4n) is 3.08. The first kappa shape index (κ1) is 14.5. The Balaban J connectivity index is 1.52. The first-order valence-corrected chi connectivity index (χ1v) is 8.08. The highest BCUT2D eigenvalue weighted by molar-refractivity contribution is 6.31. The summed E-state index contributed by atoms with van der Waals surface area (Å²) in [6, 6.07) is 9.49. The van der Waals surface area contributed by atoms with Crippen LogP contribution in [0.2, 0.25) is 5.02 Å². The maximum absolute atomic E-state index is 12.7. The van der Waals surface area contributed by atoms with Crippen molar-refractivity contribution in [1.29, 1.82) is 0 Å². The number of nitrogens with one attached hydrogen (secondary N) is 1. The van der Waals surface area contributed by atoms with Crippen molar-refractivity contribution in [2.24, 2.45) is 0 Å². The van der Waals surface area contributed by atoms with Crippen LogP contribution < -0.4 is 10.1 Å². The highest BCUT2D eigenvalue weighted by Crippen LogP contribution is 2.26. The Morgan fingerprint density at radius 1 is 1.35 bits per heavy atom. The van der Waals surface area contributed by atoms with Crippen LogP contribution in [0.4, 0.5) is 0 Å². The fourth-order valence-corrected chi connectivity index (χ4v) is 3.35. The van der Waals surface area contributed by atoms with E-state index < -0.39 is 0 Å². The average Bonchev–Trinajstić information content (AvgIpc) is 3.16. The number of aromatic nitrogens is 2. The molecule has 4 rings (SSSR count). The maximum atomic E-state index is 12.7. The summed E-state index contributed by atoms with van der Waals surface area (Å²) < 4.78 is 7.16. The lowest BCUT2D eigenvalue weighted by molar-refractivity contribution is 0.0695. The number of nitrogens with zero attached hydrogens (tertiary/aromatic N) is 3. The van der Waals surface area contributed by atoms with Crippen LogP contribution in [0.25, 0.3) is 0 Å². The van der Waals surface area contributed by atoms with E-state index in [0.29, 0.717) is 42.8 Å². The molecule has 6 nitrogen and oxygen atoms in total. The Hall–Kier alpha value is -2.05. The van der Waals surface area contributed by atoms with E-state index in [1.165, 1.54) is 0 Å². The standard InChI is InChI=1S/C16H17ClN4O2/c17-12-4-2-1-3-11(12)14-10-20(6-5-18-14)16(22)13-9-15-21(19-13)7-8-23-15/h1-4,9,14,18H,5-8,10H2. The number of ether oxygens (including phenoxy) is 1. The number of fused-ring (bicyclic) bond motifs is 1. The van der Waals surface area contributed by atoms with Crippen molar-refractivity contribution in [3.05, 3.63) is 46.6 Å². The largest absolute Gasteiger partial charge is 0.476 e. The van der Waals surface area contributed by atoms with Crippen molar-refractivity contribution in [2.45, 2.75) is 12.6 Å². The minimum Gasteiger partial charge on any atom is -0.476 e. The molecule has 7 heteroatoms. The Bertz CT molecular complexity index is 724. The van der Waals surface area contributed by atoms with Crippen molar-refractivity contribution >= 4 is 17.5 Å². The molecule has 2 aliphatic heterocycles. The zero-order valence-electron chi connectivity index (χ0n) is 12.5. The third-order valence-corrected chi connectivity index (χ3v) is 4.60. The van der Waals surface area contributed by atoms with Crippen LogP contribution in [-0.4, -0.2) is 46.8 Å². The smallest absolute Gasteiger partial charge is 0.274 e. The number of halogens is 1. The van der Waals surface area contributed by atoms with Gasteiger partial charge in [-0.2, -0.15) is 5.10 Å². The van der Waals surface area contributed by atoms with Gasteiger partial charge in [0.25, 0.3) is 5.91 Å². The summed E-state index contributed by atoms with van der Waals surface area (Å²) in [4.78, 5) is 14.5. The SMILES string of the molecule is O=C(c1cc2n(n1)CCO2)N1CCNC(c2ccccc2Cl)C1. The molecule has 1 unspecified atom stereocenters. The van der Waals surface area contributed by atoms with E-state index in [1.807, 2.05) is 29.2 Å². The van der Waals surface area contributed by atoms with E-state index in [4.69, 9.17) is 16.3 Å². The van der Waals surface area contributed by atoms with Gasteiger partial charge in [-0.25, -0.2) is 4.68 Å². The quantitative estimate of drug-likeness (QED) is 0.909. The van der Waals surface area contributed by atoms with Gasteiger partial charge in [-0.15, -0.1) is 0 Å². The number of carbonyl (C=O) groups excluding carboxylic acids is 1. The number of rotatable bonds is 2. The molecule has 23 heavy (non-hydrogen) atoms. The van der Waals surface area contributed by atoms with Gasteiger partial charge in [0, 0.05) is 30.7 Å². The molecule has 1 atom stereocenters. The minimum absolute atomic E-state index is 0.0344. The van der Waals surface area contributed by atoms with Crippen LogP contribution >= 0.6 is 11.6 Å². The van der Waals surface area contributed by atoms with Gasteiger partial charge in [0.05, 0.1) is 12.6 Å². The molecule has 1 amide bonds. The van der Waals surface area contributed by atoms with Crippen molar-refractivity contribution in [2.75, 3.05) is 26.2 Å². The summed E-state index contributed by atoms with van der Waals surface area (Å²) in [5.74, 6) is 0.611. The lowest BCUT2D eigenvalue weighted by Crippen LogP contribution is -2.48. The van der Waals surface area contributed by atoms with Gasteiger partial charge in [0.15, 0.2) is 5.69 Å². The number of benzene rings is 1. The van der Waals surface area contributed by atoms with Crippen LogP contribution in [0.3, 0.4) is 0 Å². The van der Waals surface area contributed by atoms with E-state index in [2.05, 4.69) is 10.4 Å². The van der Waals surface area contributed by atoms with Crippen LogP contribution in [0.1, 0.15) is 22.1 Å². The molecule has 0 radical (unpaired) electrons. The number of amides is 1. The van der Waals surface area contributed by atoms with Gasteiger partial charge in [-0.3, -0.25) is 4.79 Å². The molecule has 0 saturated carbocycles. The van der Waals surface area contributed by atoms with E-state index >= 15 is 0 Å². The zero-order valence-corrected chi connectivity index (χ0v) is 13.3. The summed E-state index contributed by atoms with van der Waals surface area (Å²) in [5.41, 5.74) is 1.46. The summed E-state index contributed by atoms with van der Waals surface area (Å²) in [7, 11) is 0. The number of hydrogen-bond donors (Lipinski definition) is 1. The van der Waals surface area contributed by atoms with Gasteiger partial charge >= 0.3 is 0 Å². The van der Waals surface area contributed by atoms with Crippen LogP contribution in [0.15, 0.2) is 30.3 Å². The second-order valence-electron chi connectivity index (χ2n) is 5.72. The lowest BCUT2D eigenvalue weighted by Gasteiger charge is -2.34. The zero-order chi connectivity index (χ0) is 15.8. The molecule has 0 spiro atoms. The molecule has 1 aromatic carbocycles. The van der Waals surface area contributed by atoms with Gasteiger partial charge in [0.1, 0.15) is 6.61 Å².